The maximum atomic E-state index is 12.6. The molecule has 0 aliphatic heterocycles. The van der Waals surface area contributed by atoms with E-state index in [-0.39, 0.29) is 17.3 Å². The number of Topliss-reactive ketones (excluding diaryl/α,β-unsaturated/α-hetero) is 1. The molecule has 1 unspecified atom stereocenters. The highest BCUT2D eigenvalue weighted by atomic mass is 19.3. The zero-order valence-electron chi connectivity index (χ0n) is 17.3. The van der Waals surface area contributed by atoms with Crippen molar-refractivity contribution >= 4 is 5.78 Å². The fourth-order valence-corrected chi connectivity index (χ4v) is 3.00. The summed E-state index contributed by atoms with van der Waals surface area (Å²) < 4.78 is 34.3. The van der Waals surface area contributed by atoms with Crippen LogP contribution in [0.3, 0.4) is 0 Å². The van der Waals surface area contributed by atoms with Crippen LogP contribution in [0.4, 0.5) is 8.78 Å². The molecule has 1 aliphatic carbocycles. The third-order valence-corrected chi connectivity index (χ3v) is 4.79. The molecule has 0 saturated carbocycles. The number of carbonyl (C=O) groups excluding carboxylic acids is 1. The van der Waals surface area contributed by atoms with E-state index in [2.05, 4.69) is 6.08 Å². The monoisotopic (exact) mass is 396 g/mol. The summed E-state index contributed by atoms with van der Waals surface area (Å²) in [7, 11) is 2.78. The molecule has 0 fully saturated rings. The van der Waals surface area contributed by atoms with E-state index >= 15 is 0 Å². The van der Waals surface area contributed by atoms with Gasteiger partial charge in [0.2, 0.25) is 11.5 Å². The fraction of sp³-hybridized carbons (Fsp3) is 0.500. The molecule has 0 spiro atoms. The lowest BCUT2D eigenvalue weighted by molar-refractivity contribution is -0.116. The Kier molecular flexibility index (Phi) is 9.87. The Bertz CT molecular complexity index is 723. The number of halogens is 2. The van der Waals surface area contributed by atoms with Gasteiger partial charge in [-0.1, -0.05) is 23.3 Å². The Morgan fingerprint density at radius 2 is 1.61 bits per heavy atom. The first-order chi connectivity index (χ1) is 13.2. The molecule has 1 atom stereocenters. The molecule has 0 aromatic heterocycles. The molecule has 6 heteroatoms. The molecule has 0 bridgehead atoms. The number of ether oxygens (including phenoxy) is 2. The molecule has 0 amide bonds. The molecule has 0 aromatic rings. The summed E-state index contributed by atoms with van der Waals surface area (Å²) in [5.41, 5.74) is 3.27. The standard InChI is InChI=1S/C22H30F2O4/c1-14(10-7-11-18(23)24)8-6-9-15(2)12-13-17-16(3)19(25)21(27-4)22(28-5)20(17)26/h8,11-12,19,25H,6-7,9-10,13H2,1-5H3/b14-8+,15-12+. The Morgan fingerprint density at radius 3 is 2.14 bits per heavy atom. The minimum atomic E-state index is -1.64. The molecule has 0 saturated heterocycles. The molecule has 1 rings (SSSR count). The highest BCUT2D eigenvalue weighted by molar-refractivity contribution is 6.09. The first kappa shape index (κ1) is 23.8. The Balaban J connectivity index is 2.68. The van der Waals surface area contributed by atoms with Gasteiger partial charge in [0.25, 0.3) is 6.08 Å². The predicted octanol–water partition coefficient (Wildman–Crippen LogP) is 5.37. The molecule has 0 heterocycles. The van der Waals surface area contributed by atoms with Crippen molar-refractivity contribution in [3.8, 4) is 0 Å². The van der Waals surface area contributed by atoms with Gasteiger partial charge in [0.15, 0.2) is 5.76 Å². The van der Waals surface area contributed by atoms with E-state index in [9.17, 15) is 18.7 Å². The van der Waals surface area contributed by atoms with Gasteiger partial charge in [0.1, 0.15) is 6.10 Å². The van der Waals surface area contributed by atoms with Crippen LogP contribution in [0, 0.1) is 0 Å². The molecule has 0 aromatic carbocycles. The number of aliphatic hydroxyl groups excluding tert-OH is 1. The molecule has 1 N–H and O–H groups in total. The summed E-state index contributed by atoms with van der Waals surface area (Å²) in [5.74, 6) is -0.0911. The van der Waals surface area contributed by atoms with E-state index in [4.69, 9.17) is 9.47 Å². The van der Waals surface area contributed by atoms with Crippen molar-refractivity contribution in [1.29, 1.82) is 0 Å². The molecular formula is C22H30F2O4. The first-order valence-electron chi connectivity index (χ1n) is 9.29. The lowest BCUT2D eigenvalue weighted by Gasteiger charge is -2.25. The molecule has 0 radical (unpaired) electrons. The lowest BCUT2D eigenvalue weighted by atomic mass is 9.89. The highest BCUT2D eigenvalue weighted by Gasteiger charge is 2.34. The summed E-state index contributed by atoms with van der Waals surface area (Å²) in [6, 6.07) is 0. The van der Waals surface area contributed by atoms with Gasteiger partial charge >= 0.3 is 0 Å². The number of methoxy groups -OCH3 is 2. The van der Waals surface area contributed by atoms with Crippen LogP contribution in [0.25, 0.3) is 0 Å². The van der Waals surface area contributed by atoms with Crippen LogP contribution in [0.15, 0.2) is 58.1 Å². The topological polar surface area (TPSA) is 55.8 Å². The largest absolute Gasteiger partial charge is 0.494 e. The van der Waals surface area contributed by atoms with E-state index < -0.39 is 12.2 Å². The van der Waals surface area contributed by atoms with Crippen LogP contribution in [0.2, 0.25) is 0 Å². The zero-order valence-corrected chi connectivity index (χ0v) is 17.3. The van der Waals surface area contributed by atoms with Crippen LogP contribution < -0.4 is 0 Å². The Hall–Kier alpha value is -2.21. The second-order valence-electron chi connectivity index (χ2n) is 6.87. The number of hydrogen-bond donors (Lipinski definition) is 1. The average molecular weight is 396 g/mol. The van der Waals surface area contributed by atoms with Crippen LogP contribution in [0.1, 0.15) is 52.9 Å². The van der Waals surface area contributed by atoms with Gasteiger partial charge < -0.3 is 14.6 Å². The number of aliphatic hydroxyl groups is 1. The van der Waals surface area contributed by atoms with Crippen molar-refractivity contribution in [2.45, 2.75) is 59.0 Å². The Labute approximate surface area is 165 Å². The predicted molar refractivity (Wildman–Crippen MR) is 106 cm³/mol. The number of allylic oxidation sites excluding steroid dienone is 6. The first-order valence-corrected chi connectivity index (χ1v) is 9.29. The molecule has 4 nitrogen and oxygen atoms in total. The van der Waals surface area contributed by atoms with Crippen LogP contribution in [0.5, 0.6) is 0 Å². The second-order valence-corrected chi connectivity index (χ2v) is 6.87. The van der Waals surface area contributed by atoms with Gasteiger partial charge in [-0.3, -0.25) is 4.79 Å². The quantitative estimate of drug-likeness (QED) is 0.504. The van der Waals surface area contributed by atoms with Crippen LogP contribution >= 0.6 is 0 Å². The smallest absolute Gasteiger partial charge is 0.266 e. The maximum Gasteiger partial charge on any atom is 0.266 e. The normalized spacial score (nSPS) is 18.6. The summed E-state index contributed by atoms with van der Waals surface area (Å²) in [5, 5.41) is 10.3. The summed E-state index contributed by atoms with van der Waals surface area (Å²) in [4.78, 5) is 12.6. The molecular weight excluding hydrogens is 366 g/mol. The number of carbonyl (C=O) groups is 1. The maximum absolute atomic E-state index is 12.6. The number of hydrogen-bond acceptors (Lipinski definition) is 4. The van der Waals surface area contributed by atoms with E-state index in [0.29, 0.717) is 30.4 Å². The van der Waals surface area contributed by atoms with Gasteiger partial charge in [-0.2, -0.15) is 8.78 Å². The fourth-order valence-electron chi connectivity index (χ4n) is 3.00. The van der Waals surface area contributed by atoms with Crippen molar-refractivity contribution in [3.63, 3.8) is 0 Å². The number of ketones is 1. The van der Waals surface area contributed by atoms with Crippen molar-refractivity contribution in [2.75, 3.05) is 14.2 Å². The summed E-state index contributed by atoms with van der Waals surface area (Å²) in [6.07, 6.45) is 5.32. The van der Waals surface area contributed by atoms with Crippen molar-refractivity contribution in [1.82, 2.24) is 0 Å². The minimum absolute atomic E-state index is 0.0407. The number of rotatable bonds is 10. The third kappa shape index (κ3) is 6.75. The van der Waals surface area contributed by atoms with Crippen molar-refractivity contribution in [2.24, 2.45) is 0 Å². The van der Waals surface area contributed by atoms with Gasteiger partial charge in [-0.15, -0.1) is 0 Å². The highest BCUT2D eigenvalue weighted by Crippen LogP contribution is 2.31. The zero-order chi connectivity index (χ0) is 21.3. The van der Waals surface area contributed by atoms with E-state index in [1.165, 1.54) is 14.2 Å². The van der Waals surface area contributed by atoms with Crippen molar-refractivity contribution in [3.05, 3.63) is 58.1 Å². The van der Waals surface area contributed by atoms with Crippen LogP contribution in [-0.2, 0) is 14.3 Å². The minimum Gasteiger partial charge on any atom is -0.494 e. The van der Waals surface area contributed by atoms with Gasteiger partial charge in [0, 0.05) is 5.57 Å². The third-order valence-electron chi connectivity index (χ3n) is 4.79. The van der Waals surface area contributed by atoms with Gasteiger partial charge in [-0.05, 0) is 64.5 Å². The van der Waals surface area contributed by atoms with E-state index in [1.807, 2.05) is 19.9 Å². The molecule has 1 aliphatic rings. The van der Waals surface area contributed by atoms with Crippen molar-refractivity contribution < 1.29 is 28.2 Å². The summed E-state index contributed by atoms with van der Waals surface area (Å²) >= 11 is 0. The van der Waals surface area contributed by atoms with Gasteiger partial charge in [-0.25, -0.2) is 0 Å². The molecule has 156 valence electrons. The Morgan fingerprint density at radius 1 is 1.04 bits per heavy atom. The SMILES string of the molecule is COC1=C(OC)C(O)C(C)=C(C/C=C(\C)CC/C=C(\C)CCC=C(F)F)C1=O. The van der Waals surface area contributed by atoms with Gasteiger partial charge in [0.05, 0.1) is 14.2 Å². The average Bonchev–Trinajstić information content (AvgIpc) is 2.64. The lowest BCUT2D eigenvalue weighted by Crippen LogP contribution is -2.28. The molecule has 28 heavy (non-hydrogen) atoms. The summed E-state index contributed by atoms with van der Waals surface area (Å²) in [6.45, 7) is 5.64. The van der Waals surface area contributed by atoms with E-state index in [0.717, 1.165) is 30.1 Å². The second kappa shape index (κ2) is 11.6. The van der Waals surface area contributed by atoms with E-state index in [1.54, 1.807) is 6.92 Å². The van der Waals surface area contributed by atoms with Crippen LogP contribution in [-0.4, -0.2) is 31.2 Å².